The predicted octanol–water partition coefficient (Wildman–Crippen LogP) is 21.4. The first kappa shape index (κ1) is 91.1. The summed E-state index contributed by atoms with van der Waals surface area (Å²) in [6.45, 7) is 11.9. The number of aliphatic hydroxyl groups is 1. The lowest BCUT2D eigenvalue weighted by Crippen LogP contribution is -2.30. The van der Waals surface area contributed by atoms with Gasteiger partial charge in [0, 0.05) is 25.7 Å². The summed E-state index contributed by atoms with van der Waals surface area (Å²) in [5, 5.41) is 10.6. The highest BCUT2D eigenvalue weighted by molar-refractivity contribution is 7.47. The topological polar surface area (TPSA) is 237 Å². The molecule has 0 fully saturated rings. The molecule has 552 valence electrons. The van der Waals surface area contributed by atoms with E-state index in [4.69, 9.17) is 37.0 Å². The summed E-state index contributed by atoms with van der Waals surface area (Å²) in [6.07, 6.45) is 49.8. The van der Waals surface area contributed by atoms with Gasteiger partial charge in [-0.25, -0.2) is 9.13 Å². The molecule has 0 radical (unpaired) electrons. The number of unbranched alkanes of at least 4 members (excludes halogenated alkanes) is 38. The lowest BCUT2D eigenvalue weighted by atomic mass is 9.99. The van der Waals surface area contributed by atoms with Gasteiger partial charge in [-0.3, -0.25) is 37.3 Å². The van der Waals surface area contributed by atoms with Crippen LogP contribution in [0.4, 0.5) is 0 Å². The molecule has 17 nitrogen and oxygen atoms in total. The van der Waals surface area contributed by atoms with Crippen molar-refractivity contribution in [3.63, 3.8) is 0 Å². The number of phosphoric ester groups is 2. The van der Waals surface area contributed by atoms with E-state index in [2.05, 4.69) is 48.5 Å². The van der Waals surface area contributed by atoms with Crippen molar-refractivity contribution < 1.29 is 80.2 Å². The summed E-state index contributed by atoms with van der Waals surface area (Å²) >= 11 is 0. The van der Waals surface area contributed by atoms with Crippen LogP contribution in [0.1, 0.15) is 376 Å². The van der Waals surface area contributed by atoms with Gasteiger partial charge in [-0.05, 0) is 43.4 Å². The van der Waals surface area contributed by atoms with E-state index in [1.807, 2.05) is 0 Å². The predicted molar refractivity (Wildman–Crippen MR) is 377 cm³/mol. The molecule has 0 aliphatic carbocycles. The maximum Gasteiger partial charge on any atom is 0.472 e. The molecule has 3 N–H and O–H groups in total. The fraction of sp³-hybridized carbons (Fsp3) is 0.946. The Morgan fingerprint density at radius 3 is 0.817 bits per heavy atom. The third-order valence-electron chi connectivity index (χ3n) is 17.9. The first-order valence-corrected chi connectivity index (χ1v) is 41.4. The van der Waals surface area contributed by atoms with E-state index in [-0.39, 0.29) is 25.7 Å². The zero-order chi connectivity index (χ0) is 68.7. The standard InChI is InChI=1S/C74H144O17P2/c1-8-11-12-13-14-15-21-29-34-43-50-57-73(78)91-70(62-85-72(77)56-49-42-37-36-40-47-54-67(7)10-3)64-89-93(82,83)87-60-68(75)59-86-92(80,81)88-63-69(61-84-71(76)55-48-41-33-28-25-24-27-32-39-46-53-66(6)9-2)90-74(79)58-51-44-35-30-23-20-18-16-17-19-22-26-31-38-45-52-65(4)5/h65-70,75H,8-64H2,1-7H3,(H,80,81)(H,82,83)/t66?,67?,68-,69-,70-/m1/s1. The zero-order valence-corrected chi connectivity index (χ0v) is 62.5. The minimum Gasteiger partial charge on any atom is -0.462 e. The summed E-state index contributed by atoms with van der Waals surface area (Å²) in [5.41, 5.74) is 0. The van der Waals surface area contributed by atoms with Crippen LogP contribution in [0.25, 0.3) is 0 Å². The van der Waals surface area contributed by atoms with Crippen LogP contribution in [0.15, 0.2) is 0 Å². The van der Waals surface area contributed by atoms with Crippen molar-refractivity contribution in [1.82, 2.24) is 0 Å². The van der Waals surface area contributed by atoms with Crippen molar-refractivity contribution in [2.75, 3.05) is 39.6 Å². The van der Waals surface area contributed by atoms with E-state index in [1.54, 1.807) is 0 Å². The summed E-state index contributed by atoms with van der Waals surface area (Å²) in [4.78, 5) is 72.7. The SMILES string of the molecule is CCCCCCCCCCCCCC(=O)O[C@H](COC(=O)CCCCCCCCC(C)CC)COP(=O)(O)OC[C@H](O)COP(=O)(O)OC[C@@H](COC(=O)CCCCCCCCCCCCC(C)CC)OC(=O)CCCCCCCCCCCCCCCCCC(C)C. The van der Waals surface area contributed by atoms with Crippen molar-refractivity contribution in [1.29, 1.82) is 0 Å². The second-order valence-corrected chi connectivity index (χ2v) is 30.6. The van der Waals surface area contributed by atoms with Gasteiger partial charge in [0.25, 0.3) is 0 Å². The highest BCUT2D eigenvalue weighted by Crippen LogP contribution is 2.45. The zero-order valence-electron chi connectivity index (χ0n) is 60.7. The molecule has 0 aromatic rings. The number of ether oxygens (including phenoxy) is 4. The molecule has 0 spiro atoms. The van der Waals surface area contributed by atoms with Crippen LogP contribution < -0.4 is 0 Å². The van der Waals surface area contributed by atoms with Crippen molar-refractivity contribution in [2.45, 2.75) is 394 Å². The van der Waals surface area contributed by atoms with Gasteiger partial charge in [-0.1, -0.05) is 325 Å². The van der Waals surface area contributed by atoms with Crippen LogP contribution in [-0.4, -0.2) is 96.7 Å². The van der Waals surface area contributed by atoms with Gasteiger partial charge < -0.3 is 33.8 Å². The van der Waals surface area contributed by atoms with E-state index in [1.165, 1.54) is 180 Å². The molecule has 7 atom stereocenters. The number of hydrogen-bond acceptors (Lipinski definition) is 15. The fourth-order valence-electron chi connectivity index (χ4n) is 11.2. The summed E-state index contributed by atoms with van der Waals surface area (Å²) in [5.74, 6) is 0.223. The van der Waals surface area contributed by atoms with Gasteiger partial charge in [-0.15, -0.1) is 0 Å². The van der Waals surface area contributed by atoms with Crippen molar-refractivity contribution in [2.24, 2.45) is 17.8 Å². The first-order valence-electron chi connectivity index (χ1n) is 38.4. The molecule has 0 aliphatic heterocycles. The normalized spacial score (nSPS) is 14.7. The Balaban J connectivity index is 5.24. The van der Waals surface area contributed by atoms with Crippen LogP contribution in [0.2, 0.25) is 0 Å². The molecular formula is C74H144O17P2. The lowest BCUT2D eigenvalue weighted by molar-refractivity contribution is -0.161. The molecular weight excluding hydrogens is 1220 g/mol. The third-order valence-corrected chi connectivity index (χ3v) is 19.8. The van der Waals surface area contributed by atoms with Crippen molar-refractivity contribution >= 4 is 39.5 Å². The van der Waals surface area contributed by atoms with Gasteiger partial charge in [0.05, 0.1) is 26.4 Å². The monoisotopic (exact) mass is 1370 g/mol. The summed E-state index contributed by atoms with van der Waals surface area (Å²) < 4.78 is 68.4. The number of rotatable bonds is 72. The Kier molecular flexibility index (Phi) is 63.4. The number of carbonyl (C=O) groups excluding carboxylic acids is 4. The second kappa shape index (κ2) is 64.7. The fourth-order valence-corrected chi connectivity index (χ4v) is 12.8. The van der Waals surface area contributed by atoms with Gasteiger partial charge in [0.1, 0.15) is 19.3 Å². The van der Waals surface area contributed by atoms with Gasteiger partial charge >= 0.3 is 39.5 Å². The van der Waals surface area contributed by atoms with Crippen LogP contribution in [0.5, 0.6) is 0 Å². The highest BCUT2D eigenvalue weighted by Gasteiger charge is 2.30. The summed E-state index contributed by atoms with van der Waals surface area (Å²) in [6, 6.07) is 0. The van der Waals surface area contributed by atoms with Crippen molar-refractivity contribution in [3.05, 3.63) is 0 Å². The Labute approximate surface area is 568 Å². The molecule has 0 aromatic heterocycles. The summed E-state index contributed by atoms with van der Waals surface area (Å²) in [7, 11) is -9.91. The molecule has 0 amide bonds. The molecule has 0 aromatic carbocycles. The Morgan fingerprint density at radius 2 is 0.548 bits per heavy atom. The van der Waals surface area contributed by atoms with Gasteiger partial charge in [0.15, 0.2) is 12.2 Å². The molecule has 4 unspecified atom stereocenters. The van der Waals surface area contributed by atoms with E-state index in [9.17, 15) is 43.2 Å². The highest BCUT2D eigenvalue weighted by atomic mass is 31.2. The molecule has 0 saturated heterocycles. The quantitative estimate of drug-likeness (QED) is 0.0222. The molecule has 0 heterocycles. The lowest BCUT2D eigenvalue weighted by Gasteiger charge is -2.21. The largest absolute Gasteiger partial charge is 0.472 e. The van der Waals surface area contributed by atoms with Crippen LogP contribution in [0, 0.1) is 17.8 Å². The maximum atomic E-state index is 13.1. The number of carbonyl (C=O) groups is 4. The van der Waals surface area contributed by atoms with Gasteiger partial charge in [0.2, 0.25) is 0 Å². The Morgan fingerprint density at radius 1 is 0.312 bits per heavy atom. The molecule has 0 rings (SSSR count). The Hall–Kier alpha value is -1.94. The van der Waals surface area contributed by atoms with Crippen LogP contribution in [0.3, 0.4) is 0 Å². The maximum absolute atomic E-state index is 13.1. The Bertz CT molecular complexity index is 1820. The van der Waals surface area contributed by atoms with Crippen molar-refractivity contribution in [3.8, 4) is 0 Å². The minimum absolute atomic E-state index is 0.106. The molecule has 19 heteroatoms. The first-order chi connectivity index (χ1) is 44.8. The van der Waals surface area contributed by atoms with E-state index in [0.29, 0.717) is 25.7 Å². The average Bonchev–Trinajstić information content (AvgIpc) is 2.82. The number of esters is 4. The van der Waals surface area contributed by atoms with Crippen LogP contribution >= 0.6 is 15.6 Å². The number of aliphatic hydroxyl groups excluding tert-OH is 1. The molecule has 0 saturated carbocycles. The minimum atomic E-state index is -4.96. The average molecular weight is 1370 g/mol. The number of hydrogen-bond donors (Lipinski definition) is 3. The van der Waals surface area contributed by atoms with E-state index in [0.717, 1.165) is 114 Å². The molecule has 93 heavy (non-hydrogen) atoms. The number of phosphoric acid groups is 2. The second-order valence-electron chi connectivity index (χ2n) is 27.6. The smallest absolute Gasteiger partial charge is 0.462 e. The van der Waals surface area contributed by atoms with E-state index >= 15 is 0 Å². The van der Waals surface area contributed by atoms with Gasteiger partial charge in [-0.2, -0.15) is 0 Å². The van der Waals surface area contributed by atoms with E-state index < -0.39 is 97.5 Å². The third kappa shape index (κ3) is 65.8. The molecule has 0 aliphatic rings. The molecule has 0 bridgehead atoms. The van der Waals surface area contributed by atoms with Crippen LogP contribution in [-0.2, 0) is 65.4 Å².